The van der Waals surface area contributed by atoms with Crippen LogP contribution in [0.3, 0.4) is 0 Å². The minimum Gasteiger partial charge on any atom is -0.467 e. The summed E-state index contributed by atoms with van der Waals surface area (Å²) in [6.07, 6.45) is 3.69. The molecule has 2 atom stereocenters. The first-order chi connectivity index (χ1) is 10.2. The van der Waals surface area contributed by atoms with E-state index < -0.39 is 23.7 Å². The number of aliphatic hydroxyl groups is 1. The Kier molecular flexibility index (Phi) is 9.81. The van der Waals surface area contributed by atoms with Crippen molar-refractivity contribution in [3.63, 3.8) is 0 Å². The molecule has 130 valence electrons. The molecule has 0 bridgehead atoms. The molecule has 6 nitrogen and oxygen atoms in total. The Bertz CT molecular complexity index is 338. The summed E-state index contributed by atoms with van der Waals surface area (Å²) >= 11 is 0. The molecule has 0 aromatic heterocycles. The average molecular weight is 317 g/mol. The van der Waals surface area contributed by atoms with Crippen LogP contribution in [-0.2, 0) is 14.3 Å². The fourth-order valence-corrected chi connectivity index (χ4v) is 1.95. The van der Waals surface area contributed by atoms with Gasteiger partial charge < -0.3 is 19.9 Å². The first-order valence-electron chi connectivity index (χ1n) is 7.95. The lowest BCUT2D eigenvalue weighted by molar-refractivity contribution is -0.143. The number of amides is 1. The number of unbranched alkanes of at least 4 members (excludes halogenated alkanes) is 2. The Morgan fingerprint density at radius 3 is 2.23 bits per heavy atom. The van der Waals surface area contributed by atoms with Crippen LogP contribution in [0.4, 0.5) is 4.79 Å². The molecule has 0 rings (SSSR count). The van der Waals surface area contributed by atoms with Gasteiger partial charge in [0.05, 0.1) is 13.2 Å². The van der Waals surface area contributed by atoms with Gasteiger partial charge in [0, 0.05) is 0 Å². The average Bonchev–Trinajstić information content (AvgIpc) is 2.42. The second kappa shape index (κ2) is 10.4. The standard InChI is InChI=1S/C16H31NO5/c1-6-12(18)10-8-7-9-11-13(14(19)21-5)17-15(20)22-16(2,3)4/h12-13,18H,6-11H2,1-5H3,(H,17,20). The summed E-state index contributed by atoms with van der Waals surface area (Å²) in [7, 11) is 1.30. The van der Waals surface area contributed by atoms with Crippen molar-refractivity contribution in [2.45, 2.75) is 84.0 Å². The van der Waals surface area contributed by atoms with Gasteiger partial charge in [-0.3, -0.25) is 0 Å². The van der Waals surface area contributed by atoms with Crippen LogP contribution in [-0.4, -0.2) is 42.0 Å². The topological polar surface area (TPSA) is 84.9 Å². The molecule has 0 aliphatic rings. The van der Waals surface area contributed by atoms with Crippen molar-refractivity contribution in [2.75, 3.05) is 7.11 Å². The molecule has 0 saturated carbocycles. The van der Waals surface area contributed by atoms with Gasteiger partial charge in [0.25, 0.3) is 0 Å². The summed E-state index contributed by atoms with van der Waals surface area (Å²) in [5.41, 5.74) is -0.610. The van der Waals surface area contributed by atoms with Gasteiger partial charge in [0.2, 0.25) is 0 Å². The lowest BCUT2D eigenvalue weighted by Gasteiger charge is -2.22. The first-order valence-corrected chi connectivity index (χ1v) is 7.95. The minimum absolute atomic E-state index is 0.253. The fourth-order valence-electron chi connectivity index (χ4n) is 1.95. The van der Waals surface area contributed by atoms with Gasteiger partial charge in [0.15, 0.2) is 0 Å². The maximum atomic E-state index is 11.7. The molecule has 0 aromatic carbocycles. The molecule has 22 heavy (non-hydrogen) atoms. The van der Waals surface area contributed by atoms with Gasteiger partial charge in [-0.05, 0) is 40.0 Å². The number of alkyl carbamates (subject to hydrolysis) is 1. The van der Waals surface area contributed by atoms with Crippen molar-refractivity contribution in [1.82, 2.24) is 5.32 Å². The number of nitrogens with one attached hydrogen (secondary N) is 1. The second-order valence-electron chi connectivity index (χ2n) is 6.42. The third-order valence-corrected chi connectivity index (χ3v) is 3.18. The molecule has 0 spiro atoms. The predicted octanol–water partition coefficient (Wildman–Crippen LogP) is 2.77. The molecule has 1 amide bonds. The number of aliphatic hydroxyl groups excluding tert-OH is 1. The number of carbonyl (C=O) groups is 2. The van der Waals surface area contributed by atoms with Crippen LogP contribution in [0.25, 0.3) is 0 Å². The molecule has 0 heterocycles. The molecular formula is C16H31NO5. The van der Waals surface area contributed by atoms with E-state index in [1.807, 2.05) is 6.92 Å². The molecule has 0 aromatic rings. The van der Waals surface area contributed by atoms with Crippen LogP contribution in [0, 0.1) is 0 Å². The summed E-state index contributed by atoms with van der Waals surface area (Å²) in [4.78, 5) is 23.4. The second-order valence-corrected chi connectivity index (χ2v) is 6.42. The summed E-state index contributed by atoms with van der Waals surface area (Å²) in [5.74, 6) is -0.473. The van der Waals surface area contributed by atoms with E-state index in [0.717, 1.165) is 32.1 Å². The zero-order valence-electron chi connectivity index (χ0n) is 14.5. The van der Waals surface area contributed by atoms with E-state index in [0.29, 0.717) is 6.42 Å². The Balaban J connectivity index is 4.19. The number of carbonyl (C=O) groups excluding carboxylic acids is 2. The Hall–Kier alpha value is -1.30. The van der Waals surface area contributed by atoms with E-state index in [1.54, 1.807) is 20.8 Å². The van der Waals surface area contributed by atoms with Gasteiger partial charge in [-0.1, -0.05) is 26.2 Å². The summed E-state index contributed by atoms with van der Waals surface area (Å²) in [6.45, 7) is 7.24. The highest BCUT2D eigenvalue weighted by Crippen LogP contribution is 2.11. The Morgan fingerprint density at radius 1 is 1.14 bits per heavy atom. The smallest absolute Gasteiger partial charge is 0.408 e. The van der Waals surface area contributed by atoms with Crippen LogP contribution in [0.2, 0.25) is 0 Å². The maximum absolute atomic E-state index is 11.7. The van der Waals surface area contributed by atoms with Crippen molar-refractivity contribution in [3.8, 4) is 0 Å². The lowest BCUT2D eigenvalue weighted by Crippen LogP contribution is -2.44. The highest BCUT2D eigenvalue weighted by molar-refractivity contribution is 5.81. The largest absolute Gasteiger partial charge is 0.467 e. The van der Waals surface area contributed by atoms with Crippen LogP contribution < -0.4 is 5.32 Å². The molecule has 6 heteroatoms. The van der Waals surface area contributed by atoms with Gasteiger partial charge >= 0.3 is 12.1 Å². The van der Waals surface area contributed by atoms with Crippen LogP contribution in [0.15, 0.2) is 0 Å². The number of methoxy groups -OCH3 is 1. The molecule has 0 fully saturated rings. The third kappa shape index (κ3) is 10.4. The lowest BCUT2D eigenvalue weighted by atomic mass is 10.0. The quantitative estimate of drug-likeness (QED) is 0.504. The molecular weight excluding hydrogens is 286 g/mol. The molecule has 0 saturated heterocycles. The van der Waals surface area contributed by atoms with Gasteiger partial charge in [-0.25, -0.2) is 9.59 Å². The first kappa shape index (κ1) is 20.7. The number of hydrogen-bond donors (Lipinski definition) is 2. The number of esters is 1. The zero-order valence-corrected chi connectivity index (χ0v) is 14.5. The highest BCUT2D eigenvalue weighted by atomic mass is 16.6. The van der Waals surface area contributed by atoms with Gasteiger partial charge in [-0.15, -0.1) is 0 Å². The van der Waals surface area contributed by atoms with Crippen molar-refractivity contribution in [2.24, 2.45) is 0 Å². The number of ether oxygens (including phenoxy) is 2. The molecule has 2 N–H and O–H groups in total. The van der Waals surface area contributed by atoms with Gasteiger partial charge in [-0.2, -0.15) is 0 Å². The van der Waals surface area contributed by atoms with Gasteiger partial charge in [0.1, 0.15) is 11.6 Å². The number of rotatable bonds is 9. The summed E-state index contributed by atoms with van der Waals surface area (Å²) in [5, 5.41) is 12.0. The van der Waals surface area contributed by atoms with E-state index in [2.05, 4.69) is 5.32 Å². The third-order valence-electron chi connectivity index (χ3n) is 3.18. The number of hydrogen-bond acceptors (Lipinski definition) is 5. The van der Waals surface area contributed by atoms with E-state index >= 15 is 0 Å². The van der Waals surface area contributed by atoms with Crippen molar-refractivity contribution >= 4 is 12.1 Å². The van der Waals surface area contributed by atoms with Crippen LogP contribution >= 0.6 is 0 Å². The molecule has 2 unspecified atom stereocenters. The van der Waals surface area contributed by atoms with Crippen molar-refractivity contribution < 1.29 is 24.2 Å². The molecule has 0 aliphatic heterocycles. The maximum Gasteiger partial charge on any atom is 0.408 e. The highest BCUT2D eigenvalue weighted by Gasteiger charge is 2.24. The van der Waals surface area contributed by atoms with E-state index in [4.69, 9.17) is 9.47 Å². The van der Waals surface area contributed by atoms with Crippen LogP contribution in [0.1, 0.15) is 66.2 Å². The Morgan fingerprint density at radius 2 is 1.73 bits per heavy atom. The van der Waals surface area contributed by atoms with E-state index in [9.17, 15) is 14.7 Å². The zero-order chi connectivity index (χ0) is 17.2. The fraction of sp³-hybridized carbons (Fsp3) is 0.875. The molecule has 0 aliphatic carbocycles. The predicted molar refractivity (Wildman–Crippen MR) is 84.6 cm³/mol. The summed E-state index contributed by atoms with van der Waals surface area (Å²) in [6, 6.07) is -0.698. The van der Waals surface area contributed by atoms with Crippen molar-refractivity contribution in [3.05, 3.63) is 0 Å². The SMILES string of the molecule is CCC(O)CCCCCC(NC(=O)OC(C)(C)C)C(=O)OC. The normalized spacial score (nSPS) is 14.1. The van der Waals surface area contributed by atoms with Crippen LogP contribution in [0.5, 0.6) is 0 Å². The van der Waals surface area contributed by atoms with Crippen molar-refractivity contribution in [1.29, 1.82) is 0 Å². The minimum atomic E-state index is -0.698. The molecule has 0 radical (unpaired) electrons. The van der Waals surface area contributed by atoms with E-state index in [-0.39, 0.29) is 6.10 Å². The van der Waals surface area contributed by atoms with E-state index in [1.165, 1.54) is 7.11 Å². The Labute approximate surface area is 133 Å². The monoisotopic (exact) mass is 317 g/mol. The summed E-state index contributed by atoms with van der Waals surface area (Å²) < 4.78 is 9.85.